The van der Waals surface area contributed by atoms with Gasteiger partial charge in [-0.2, -0.15) is 0 Å². The fourth-order valence-electron chi connectivity index (χ4n) is 7.69. The summed E-state index contributed by atoms with van der Waals surface area (Å²) in [5.41, 5.74) is 6.32. The number of carbonyl (C=O) groups excluding carboxylic acids is 5. The van der Waals surface area contributed by atoms with E-state index in [4.69, 9.17) is 15.2 Å². The highest BCUT2D eigenvalue weighted by Crippen LogP contribution is 2.37. The monoisotopic (exact) mass is 935 g/mol. The molecule has 0 saturated carbocycles. The number of hydrogen-bond acceptors (Lipinski definition) is 9. The number of rotatable bonds is 23. The summed E-state index contributed by atoms with van der Waals surface area (Å²) in [7, 11) is 0. The second-order valence-electron chi connectivity index (χ2n) is 19.4. The van der Waals surface area contributed by atoms with Gasteiger partial charge in [-0.05, 0) is 83.1 Å². The van der Waals surface area contributed by atoms with E-state index in [1.54, 1.807) is 58.0 Å². The van der Waals surface area contributed by atoms with Gasteiger partial charge in [-0.15, -0.1) is 0 Å². The van der Waals surface area contributed by atoms with Crippen LogP contribution in [-0.2, 0) is 50.2 Å². The van der Waals surface area contributed by atoms with Gasteiger partial charge in [0, 0.05) is 6.42 Å². The van der Waals surface area contributed by atoms with Gasteiger partial charge in [0.1, 0.15) is 35.7 Å². The molecule has 0 aliphatic carbocycles. The first-order chi connectivity index (χ1) is 32.0. The summed E-state index contributed by atoms with van der Waals surface area (Å²) < 4.78 is 11.8. The number of hydrogen-bond donors (Lipinski definition) is 7. The van der Waals surface area contributed by atoms with Crippen molar-refractivity contribution in [2.45, 2.75) is 135 Å². The minimum Gasteiger partial charge on any atom is -0.480 e. The molecule has 0 radical (unpaired) electrons. The highest BCUT2D eigenvalue weighted by atomic mass is 16.5. The van der Waals surface area contributed by atoms with E-state index >= 15 is 0 Å². The van der Waals surface area contributed by atoms with Crippen molar-refractivity contribution in [3.05, 3.63) is 144 Å². The first-order valence-electron chi connectivity index (χ1n) is 23.0. The summed E-state index contributed by atoms with van der Waals surface area (Å²) in [6.45, 7) is 16.0. The SMILES string of the molecule is CC(C)C[C@H](NC(=O)[C@@H](NC(=O)[C@@H](N)COC(C)(C)C)[C@@H](C)OC(C)(C)C)C(=O)N[C@@H](CC(=O)NC(c1ccccc1)(c1ccccc1)c1ccccc1)C(=O)N[C@@H](Cc1ccccc1)C(=O)O. The molecule has 0 aliphatic rings. The van der Waals surface area contributed by atoms with E-state index in [0.717, 1.165) is 0 Å². The van der Waals surface area contributed by atoms with Crippen LogP contribution in [0, 0.1) is 5.92 Å². The molecule has 6 atom stereocenters. The standard InChI is InChI=1S/C53H70N6O9/c1-34(2)30-41(56-49(64)45(35(3)68-52(7,8)9)58-46(61)40(54)33-67-51(4,5)6)47(62)55-42(48(63)57-43(50(65)66)31-36-22-14-10-15-23-36)32-44(60)59-53(37-24-16-11-17-25-37,38-26-18-12-19-27-38)39-28-20-13-21-29-39/h10-29,34-35,40-43,45H,30-33,54H2,1-9H3,(H,55,62)(H,56,64)(H,57,63)(H,58,61)(H,59,60)(H,65,66)/t35-,40+,41+,42+,43+,45+/m1/s1. The van der Waals surface area contributed by atoms with Crippen LogP contribution in [-0.4, -0.2) is 94.7 Å². The zero-order valence-corrected chi connectivity index (χ0v) is 40.7. The third-order valence-electron chi connectivity index (χ3n) is 10.8. The number of carboxylic acid groups (broad SMARTS) is 1. The van der Waals surface area contributed by atoms with Crippen molar-refractivity contribution >= 4 is 35.5 Å². The lowest BCUT2D eigenvalue weighted by molar-refractivity contribution is -0.143. The second kappa shape index (κ2) is 24.6. The number of nitrogens with two attached hydrogens (primary N) is 1. The highest BCUT2D eigenvalue weighted by molar-refractivity contribution is 5.97. The van der Waals surface area contributed by atoms with Gasteiger partial charge in [0.25, 0.3) is 0 Å². The Morgan fingerprint density at radius 2 is 1.01 bits per heavy atom. The van der Waals surface area contributed by atoms with Crippen LogP contribution >= 0.6 is 0 Å². The van der Waals surface area contributed by atoms with Gasteiger partial charge in [-0.3, -0.25) is 24.0 Å². The third-order valence-corrected chi connectivity index (χ3v) is 10.8. The quantitative estimate of drug-likeness (QED) is 0.0485. The summed E-state index contributed by atoms with van der Waals surface area (Å²) in [5.74, 6) is -5.42. The largest absolute Gasteiger partial charge is 0.480 e. The predicted molar refractivity (Wildman–Crippen MR) is 261 cm³/mol. The van der Waals surface area contributed by atoms with Crippen molar-refractivity contribution in [2.75, 3.05) is 6.61 Å². The molecule has 0 fully saturated rings. The zero-order chi connectivity index (χ0) is 50.2. The summed E-state index contributed by atoms with van der Waals surface area (Å²) in [5, 5.41) is 24.2. The van der Waals surface area contributed by atoms with Crippen molar-refractivity contribution in [1.82, 2.24) is 26.6 Å². The molecule has 8 N–H and O–H groups in total. The number of aliphatic carboxylic acids is 1. The third kappa shape index (κ3) is 16.4. The van der Waals surface area contributed by atoms with Crippen LogP contribution in [0.3, 0.4) is 0 Å². The van der Waals surface area contributed by atoms with Gasteiger partial charge in [-0.1, -0.05) is 135 Å². The van der Waals surface area contributed by atoms with E-state index in [9.17, 15) is 33.9 Å². The lowest BCUT2D eigenvalue weighted by atomic mass is 9.77. The maximum absolute atomic E-state index is 14.7. The van der Waals surface area contributed by atoms with Crippen LogP contribution in [0.5, 0.6) is 0 Å². The molecule has 0 bridgehead atoms. The van der Waals surface area contributed by atoms with E-state index in [1.165, 1.54) is 0 Å². The molecule has 0 unspecified atom stereocenters. The fraction of sp³-hybridized carbons (Fsp3) is 0.434. The molecule has 15 heteroatoms. The molecule has 4 rings (SSSR count). The lowest BCUT2D eigenvalue weighted by Crippen LogP contribution is -2.62. The first kappa shape index (κ1) is 54.2. The van der Waals surface area contributed by atoms with Crippen LogP contribution in [0.1, 0.15) is 97.4 Å². The Bertz CT molecular complexity index is 2170. The summed E-state index contributed by atoms with van der Waals surface area (Å²) >= 11 is 0. The Labute approximate surface area is 400 Å². The van der Waals surface area contributed by atoms with Gasteiger partial charge >= 0.3 is 5.97 Å². The molecule has 0 saturated heterocycles. The number of amides is 5. The molecule has 68 heavy (non-hydrogen) atoms. The van der Waals surface area contributed by atoms with Gasteiger partial charge in [0.2, 0.25) is 29.5 Å². The molecule has 0 heterocycles. The van der Waals surface area contributed by atoms with E-state index in [-0.39, 0.29) is 25.4 Å². The zero-order valence-electron chi connectivity index (χ0n) is 40.7. The van der Waals surface area contributed by atoms with Crippen molar-refractivity contribution in [2.24, 2.45) is 11.7 Å². The van der Waals surface area contributed by atoms with Crippen LogP contribution in [0.4, 0.5) is 0 Å². The maximum Gasteiger partial charge on any atom is 0.326 e. The van der Waals surface area contributed by atoms with Gasteiger partial charge < -0.3 is 46.9 Å². The van der Waals surface area contributed by atoms with Crippen molar-refractivity contribution in [3.8, 4) is 0 Å². The second-order valence-corrected chi connectivity index (χ2v) is 19.4. The van der Waals surface area contributed by atoms with Crippen LogP contribution in [0.15, 0.2) is 121 Å². The Morgan fingerprint density at radius 3 is 1.46 bits per heavy atom. The van der Waals surface area contributed by atoms with E-state index in [2.05, 4.69) is 26.6 Å². The Hall–Kier alpha value is -6.42. The number of nitrogens with one attached hydrogen (secondary N) is 5. The highest BCUT2D eigenvalue weighted by Gasteiger charge is 2.40. The molecular formula is C53H70N6O9. The number of carbonyl (C=O) groups is 6. The van der Waals surface area contributed by atoms with Crippen LogP contribution in [0.25, 0.3) is 0 Å². The average Bonchev–Trinajstić information content (AvgIpc) is 3.28. The molecule has 15 nitrogen and oxygen atoms in total. The first-order valence-corrected chi connectivity index (χ1v) is 23.0. The minimum absolute atomic E-state index is 0.0666. The van der Waals surface area contributed by atoms with Crippen LogP contribution in [0.2, 0.25) is 0 Å². The van der Waals surface area contributed by atoms with Crippen molar-refractivity contribution in [3.63, 3.8) is 0 Å². The molecule has 0 spiro atoms. The number of ether oxygens (including phenoxy) is 2. The molecule has 5 amide bonds. The smallest absolute Gasteiger partial charge is 0.326 e. The Balaban J connectivity index is 1.73. The van der Waals surface area contributed by atoms with Gasteiger partial charge in [0.05, 0.1) is 30.3 Å². The van der Waals surface area contributed by atoms with Crippen LogP contribution < -0.4 is 32.3 Å². The number of carboxylic acids is 1. The van der Waals surface area contributed by atoms with Crippen molar-refractivity contribution in [1.29, 1.82) is 0 Å². The van der Waals surface area contributed by atoms with Gasteiger partial charge in [0.15, 0.2) is 0 Å². The molecule has 0 aliphatic heterocycles. The minimum atomic E-state index is -1.65. The predicted octanol–water partition coefficient (Wildman–Crippen LogP) is 5.14. The number of benzene rings is 4. The molecular weight excluding hydrogens is 865 g/mol. The Morgan fingerprint density at radius 1 is 0.574 bits per heavy atom. The molecule has 4 aromatic rings. The van der Waals surface area contributed by atoms with E-state index in [1.807, 2.05) is 126 Å². The summed E-state index contributed by atoms with van der Waals surface area (Å²) in [6.07, 6.45) is -1.59. The van der Waals surface area contributed by atoms with Crippen molar-refractivity contribution < 1.29 is 43.3 Å². The normalized spacial score (nSPS) is 14.6. The van der Waals surface area contributed by atoms with E-state index in [0.29, 0.717) is 22.3 Å². The summed E-state index contributed by atoms with van der Waals surface area (Å²) in [4.78, 5) is 84.2. The summed E-state index contributed by atoms with van der Waals surface area (Å²) in [6, 6.07) is 29.8. The average molecular weight is 935 g/mol. The molecule has 366 valence electrons. The Kier molecular flexibility index (Phi) is 19.6. The fourth-order valence-corrected chi connectivity index (χ4v) is 7.69. The lowest BCUT2D eigenvalue weighted by Gasteiger charge is -2.37. The topological polar surface area (TPSA) is 227 Å². The maximum atomic E-state index is 14.7. The van der Waals surface area contributed by atoms with Gasteiger partial charge in [-0.25, -0.2) is 4.79 Å². The van der Waals surface area contributed by atoms with E-state index < -0.39 is 95.0 Å². The molecule has 0 aromatic heterocycles. The molecule has 4 aromatic carbocycles.